The lowest BCUT2D eigenvalue weighted by atomic mass is 10.3. The average molecular weight is 181 g/mol. The zero-order valence-corrected chi connectivity index (χ0v) is 8.22. The fourth-order valence-corrected chi connectivity index (χ4v) is 1.42. The summed E-state index contributed by atoms with van der Waals surface area (Å²) < 4.78 is 0. The van der Waals surface area contributed by atoms with Crippen molar-refractivity contribution in [2.75, 3.05) is 12.0 Å². The molecule has 1 amide bonds. The van der Waals surface area contributed by atoms with Crippen molar-refractivity contribution < 1.29 is 4.79 Å². The van der Waals surface area contributed by atoms with Crippen molar-refractivity contribution in [3.8, 4) is 0 Å². The molecule has 0 heterocycles. The fourth-order valence-electron chi connectivity index (χ4n) is 0.923. The predicted octanol–water partition coefficient (Wildman–Crippen LogP) is 1.58. The molecule has 0 saturated heterocycles. The van der Waals surface area contributed by atoms with E-state index < -0.39 is 0 Å². The van der Waals surface area contributed by atoms with E-state index in [1.807, 2.05) is 24.3 Å². The lowest BCUT2D eigenvalue weighted by Crippen LogP contribution is -2.06. The first kappa shape index (κ1) is 9.21. The summed E-state index contributed by atoms with van der Waals surface area (Å²) in [5, 5.41) is 4.03. The second-order valence-corrected chi connectivity index (χ2v) is 3.59. The summed E-state index contributed by atoms with van der Waals surface area (Å²) in [5.74, 6) is -0.0262. The van der Waals surface area contributed by atoms with Crippen molar-refractivity contribution in [2.24, 2.45) is 0 Å². The van der Waals surface area contributed by atoms with E-state index in [2.05, 4.69) is 12.0 Å². The van der Waals surface area contributed by atoms with Gasteiger partial charge in [-0.3, -0.25) is 4.79 Å². The van der Waals surface area contributed by atoms with Gasteiger partial charge < -0.3 is 5.32 Å². The molecule has 1 aromatic carbocycles. The van der Waals surface area contributed by atoms with Crippen LogP contribution in [0.5, 0.6) is 0 Å². The third-order valence-corrected chi connectivity index (χ3v) is 2.40. The molecule has 1 unspecified atom stereocenters. The highest BCUT2D eigenvalue weighted by Crippen LogP contribution is 2.09. The monoisotopic (exact) mass is 181 g/mol. The standard InChI is InChI=1S/C9H12NOP/c1-7(11)10-8-3-5-9(12-2)6-4-8/h3-6,12H,1-2H3,(H,10,11). The summed E-state index contributed by atoms with van der Waals surface area (Å²) in [6.07, 6.45) is 0. The molecule has 0 fully saturated rings. The molecule has 0 aliphatic carbocycles. The SMILES string of the molecule is CPc1ccc(NC(C)=O)cc1. The lowest BCUT2D eigenvalue weighted by Gasteiger charge is -2.02. The summed E-state index contributed by atoms with van der Waals surface area (Å²) in [4.78, 5) is 10.7. The van der Waals surface area contributed by atoms with Crippen LogP contribution in [-0.4, -0.2) is 12.6 Å². The molecule has 0 bridgehead atoms. The van der Waals surface area contributed by atoms with Gasteiger partial charge in [-0.1, -0.05) is 20.7 Å². The molecule has 1 atom stereocenters. The maximum Gasteiger partial charge on any atom is 0.221 e. The molecular weight excluding hydrogens is 169 g/mol. The van der Waals surface area contributed by atoms with Crippen LogP contribution in [0.25, 0.3) is 0 Å². The van der Waals surface area contributed by atoms with Gasteiger partial charge in [0.05, 0.1) is 0 Å². The van der Waals surface area contributed by atoms with Gasteiger partial charge in [0.25, 0.3) is 0 Å². The first-order valence-corrected chi connectivity index (χ1v) is 5.28. The van der Waals surface area contributed by atoms with Crippen LogP contribution in [0.3, 0.4) is 0 Å². The first-order valence-electron chi connectivity index (χ1n) is 3.78. The number of hydrogen-bond acceptors (Lipinski definition) is 1. The van der Waals surface area contributed by atoms with Crippen LogP contribution < -0.4 is 10.6 Å². The van der Waals surface area contributed by atoms with Crippen LogP contribution in [0.1, 0.15) is 6.92 Å². The molecule has 0 aromatic heterocycles. The Balaban J connectivity index is 2.71. The maximum absolute atomic E-state index is 10.7. The first-order chi connectivity index (χ1) is 5.72. The molecule has 0 saturated carbocycles. The van der Waals surface area contributed by atoms with Crippen LogP contribution in [0.15, 0.2) is 24.3 Å². The van der Waals surface area contributed by atoms with Crippen LogP contribution >= 0.6 is 8.58 Å². The molecule has 1 aromatic rings. The highest BCUT2D eigenvalue weighted by molar-refractivity contribution is 7.46. The van der Waals surface area contributed by atoms with Crippen molar-refractivity contribution in [1.29, 1.82) is 0 Å². The Hall–Kier alpha value is -0.880. The topological polar surface area (TPSA) is 29.1 Å². The Morgan fingerprint density at radius 2 is 1.92 bits per heavy atom. The van der Waals surface area contributed by atoms with E-state index >= 15 is 0 Å². The van der Waals surface area contributed by atoms with Crippen LogP contribution in [-0.2, 0) is 4.79 Å². The van der Waals surface area contributed by atoms with E-state index in [-0.39, 0.29) is 5.91 Å². The molecule has 1 N–H and O–H groups in total. The fraction of sp³-hybridized carbons (Fsp3) is 0.222. The van der Waals surface area contributed by atoms with E-state index in [1.54, 1.807) is 0 Å². The number of anilines is 1. The van der Waals surface area contributed by atoms with E-state index in [9.17, 15) is 4.79 Å². The second kappa shape index (κ2) is 4.22. The summed E-state index contributed by atoms with van der Waals surface area (Å²) in [6.45, 7) is 3.64. The largest absolute Gasteiger partial charge is 0.326 e. The third-order valence-electron chi connectivity index (χ3n) is 1.49. The number of amides is 1. The molecule has 0 radical (unpaired) electrons. The number of benzene rings is 1. The Bertz CT molecular complexity index is 268. The van der Waals surface area contributed by atoms with E-state index in [4.69, 9.17) is 0 Å². The zero-order chi connectivity index (χ0) is 8.97. The molecule has 2 nitrogen and oxygen atoms in total. The van der Waals surface area contributed by atoms with Gasteiger partial charge in [-0.25, -0.2) is 0 Å². The number of nitrogens with one attached hydrogen (secondary N) is 1. The minimum atomic E-state index is -0.0262. The van der Waals surface area contributed by atoms with Crippen LogP contribution in [0, 0.1) is 0 Å². The van der Waals surface area contributed by atoms with Gasteiger partial charge in [0.1, 0.15) is 0 Å². The highest BCUT2D eigenvalue weighted by Gasteiger charge is 1.93. The van der Waals surface area contributed by atoms with E-state index in [0.717, 1.165) is 14.3 Å². The Morgan fingerprint density at radius 3 is 2.33 bits per heavy atom. The Labute approximate surface area is 74.2 Å². The molecule has 12 heavy (non-hydrogen) atoms. The summed E-state index contributed by atoms with van der Waals surface area (Å²) in [6, 6.07) is 7.91. The summed E-state index contributed by atoms with van der Waals surface area (Å²) in [5.41, 5.74) is 0.865. The van der Waals surface area contributed by atoms with Crippen molar-refractivity contribution >= 4 is 25.5 Å². The molecule has 1 rings (SSSR count). The summed E-state index contributed by atoms with van der Waals surface area (Å²) in [7, 11) is 0.810. The number of carbonyl (C=O) groups is 1. The minimum absolute atomic E-state index is 0.0262. The van der Waals surface area contributed by atoms with Gasteiger partial charge in [-0.15, -0.1) is 0 Å². The molecule has 0 spiro atoms. The molecule has 64 valence electrons. The smallest absolute Gasteiger partial charge is 0.221 e. The lowest BCUT2D eigenvalue weighted by molar-refractivity contribution is -0.114. The van der Waals surface area contributed by atoms with E-state index in [0.29, 0.717) is 0 Å². The predicted molar refractivity (Wildman–Crippen MR) is 54.6 cm³/mol. The van der Waals surface area contributed by atoms with Crippen molar-refractivity contribution in [2.45, 2.75) is 6.92 Å². The van der Waals surface area contributed by atoms with Crippen LogP contribution in [0.4, 0.5) is 5.69 Å². The molecular formula is C9H12NOP. The molecule has 3 heteroatoms. The van der Waals surface area contributed by atoms with Gasteiger partial charge in [0, 0.05) is 12.6 Å². The average Bonchev–Trinajstić information content (AvgIpc) is 2.05. The second-order valence-electron chi connectivity index (χ2n) is 2.51. The minimum Gasteiger partial charge on any atom is -0.326 e. The molecule has 0 aliphatic rings. The highest BCUT2D eigenvalue weighted by atomic mass is 31.1. The van der Waals surface area contributed by atoms with Gasteiger partial charge in [0.2, 0.25) is 5.91 Å². The van der Waals surface area contributed by atoms with Gasteiger partial charge in [-0.2, -0.15) is 0 Å². The van der Waals surface area contributed by atoms with Crippen molar-refractivity contribution in [3.63, 3.8) is 0 Å². The number of carbonyl (C=O) groups excluding carboxylic acids is 1. The normalized spacial score (nSPS) is 10.5. The van der Waals surface area contributed by atoms with Gasteiger partial charge >= 0.3 is 0 Å². The quantitative estimate of drug-likeness (QED) is 0.689. The van der Waals surface area contributed by atoms with Crippen LogP contribution in [0.2, 0.25) is 0 Å². The summed E-state index contributed by atoms with van der Waals surface area (Å²) >= 11 is 0. The Kier molecular flexibility index (Phi) is 3.24. The van der Waals surface area contributed by atoms with E-state index in [1.165, 1.54) is 12.2 Å². The zero-order valence-electron chi connectivity index (χ0n) is 7.22. The van der Waals surface area contributed by atoms with Gasteiger partial charge in [0.15, 0.2) is 0 Å². The van der Waals surface area contributed by atoms with Crippen molar-refractivity contribution in [1.82, 2.24) is 0 Å². The van der Waals surface area contributed by atoms with Gasteiger partial charge in [-0.05, 0) is 24.1 Å². The molecule has 0 aliphatic heterocycles. The maximum atomic E-state index is 10.7. The number of rotatable bonds is 2. The third kappa shape index (κ3) is 2.63. The van der Waals surface area contributed by atoms with Crippen molar-refractivity contribution in [3.05, 3.63) is 24.3 Å². The Morgan fingerprint density at radius 1 is 1.33 bits per heavy atom. The number of hydrogen-bond donors (Lipinski definition) is 1.